The van der Waals surface area contributed by atoms with Crippen molar-refractivity contribution < 1.29 is 9.47 Å². The van der Waals surface area contributed by atoms with Crippen LogP contribution in [0.25, 0.3) is 0 Å². The summed E-state index contributed by atoms with van der Waals surface area (Å²) in [6.07, 6.45) is 1.26. The molecule has 1 heterocycles. The minimum atomic E-state index is 0.0242. The molecule has 3 heteroatoms. The second-order valence-electron chi connectivity index (χ2n) is 7.68. The largest absolute Gasteiger partial charge is 0.491 e. The molecule has 2 aromatic carbocycles. The Kier molecular flexibility index (Phi) is 6.33. The van der Waals surface area contributed by atoms with E-state index >= 15 is 0 Å². The van der Waals surface area contributed by atoms with Crippen LogP contribution in [0.5, 0.6) is 5.75 Å². The molecular weight excluding hydrogens is 322 g/mol. The maximum atomic E-state index is 6.24. The van der Waals surface area contributed by atoms with E-state index < -0.39 is 0 Å². The van der Waals surface area contributed by atoms with Gasteiger partial charge in [-0.2, -0.15) is 0 Å². The van der Waals surface area contributed by atoms with Crippen molar-refractivity contribution in [2.45, 2.75) is 45.3 Å². The fourth-order valence-electron chi connectivity index (χ4n) is 3.87. The summed E-state index contributed by atoms with van der Waals surface area (Å²) in [6, 6.07) is 19.0. The Bertz CT molecular complexity index is 686. The summed E-state index contributed by atoms with van der Waals surface area (Å²) in [5.41, 5.74) is 2.58. The number of ether oxygens (including phenoxy) is 2. The third kappa shape index (κ3) is 4.46. The Labute approximate surface area is 157 Å². The highest BCUT2D eigenvalue weighted by Crippen LogP contribution is 2.39. The number of hydrogen-bond donors (Lipinski definition) is 1. The third-order valence-electron chi connectivity index (χ3n) is 5.39. The molecule has 3 nitrogen and oxygen atoms in total. The molecule has 1 fully saturated rings. The van der Waals surface area contributed by atoms with E-state index in [-0.39, 0.29) is 11.5 Å². The normalized spacial score (nSPS) is 23.2. The SMILES string of the molecule is CC(C)Oc1cccc([C@]2(COCc3ccccc3)CCNC[C@@H]2C)c1. The second-order valence-corrected chi connectivity index (χ2v) is 7.68. The summed E-state index contributed by atoms with van der Waals surface area (Å²) in [4.78, 5) is 0. The van der Waals surface area contributed by atoms with Gasteiger partial charge in [0.25, 0.3) is 0 Å². The first-order valence-electron chi connectivity index (χ1n) is 9.70. The Morgan fingerprint density at radius 2 is 1.92 bits per heavy atom. The van der Waals surface area contributed by atoms with Crippen molar-refractivity contribution in [3.8, 4) is 5.75 Å². The first kappa shape index (κ1) is 18.9. The highest BCUT2D eigenvalue weighted by atomic mass is 16.5. The van der Waals surface area contributed by atoms with E-state index in [1.54, 1.807) is 0 Å². The van der Waals surface area contributed by atoms with Gasteiger partial charge in [-0.1, -0.05) is 49.4 Å². The van der Waals surface area contributed by atoms with Gasteiger partial charge in [0.05, 0.1) is 19.3 Å². The fourth-order valence-corrected chi connectivity index (χ4v) is 3.87. The molecule has 0 unspecified atom stereocenters. The van der Waals surface area contributed by atoms with Gasteiger partial charge in [0.15, 0.2) is 0 Å². The molecule has 1 aliphatic heterocycles. The Hall–Kier alpha value is -1.84. The standard InChI is InChI=1S/C23H31NO2/c1-18(2)26-22-11-7-10-21(14-22)23(12-13-24-15-19(23)3)17-25-16-20-8-5-4-6-9-20/h4-11,14,18-19,24H,12-13,15-17H2,1-3H3/t19-,23-/m0/s1. The molecular formula is C23H31NO2. The first-order valence-corrected chi connectivity index (χ1v) is 9.70. The molecule has 0 aromatic heterocycles. The van der Waals surface area contributed by atoms with E-state index in [2.05, 4.69) is 68.6 Å². The van der Waals surface area contributed by atoms with Crippen LogP contribution in [-0.4, -0.2) is 25.8 Å². The highest BCUT2D eigenvalue weighted by Gasteiger charge is 2.40. The van der Waals surface area contributed by atoms with E-state index in [0.29, 0.717) is 12.5 Å². The van der Waals surface area contributed by atoms with Crippen molar-refractivity contribution in [2.75, 3.05) is 19.7 Å². The molecule has 0 saturated carbocycles. The number of nitrogens with one attached hydrogen (secondary N) is 1. The molecule has 2 atom stereocenters. The maximum Gasteiger partial charge on any atom is 0.119 e. The van der Waals surface area contributed by atoms with Crippen molar-refractivity contribution in [1.29, 1.82) is 0 Å². The zero-order valence-corrected chi connectivity index (χ0v) is 16.2. The Morgan fingerprint density at radius 1 is 1.12 bits per heavy atom. The zero-order valence-electron chi connectivity index (χ0n) is 16.2. The minimum absolute atomic E-state index is 0.0242. The van der Waals surface area contributed by atoms with Gasteiger partial charge in [-0.05, 0) is 62.5 Å². The molecule has 140 valence electrons. The number of piperidine rings is 1. The van der Waals surface area contributed by atoms with Crippen molar-refractivity contribution in [1.82, 2.24) is 5.32 Å². The number of benzene rings is 2. The first-order chi connectivity index (χ1) is 12.6. The minimum Gasteiger partial charge on any atom is -0.491 e. The van der Waals surface area contributed by atoms with Crippen LogP contribution in [0.2, 0.25) is 0 Å². The van der Waals surface area contributed by atoms with Crippen LogP contribution in [0.4, 0.5) is 0 Å². The molecule has 3 rings (SSSR count). The zero-order chi connectivity index (χ0) is 18.4. The third-order valence-corrected chi connectivity index (χ3v) is 5.39. The van der Waals surface area contributed by atoms with Gasteiger partial charge in [-0.15, -0.1) is 0 Å². The summed E-state index contributed by atoms with van der Waals surface area (Å²) in [5, 5.41) is 3.53. The van der Waals surface area contributed by atoms with Crippen LogP contribution in [0, 0.1) is 5.92 Å². The van der Waals surface area contributed by atoms with Crippen molar-refractivity contribution in [3.05, 3.63) is 65.7 Å². The van der Waals surface area contributed by atoms with Crippen LogP contribution in [0.3, 0.4) is 0 Å². The lowest BCUT2D eigenvalue weighted by molar-refractivity contribution is 0.0335. The molecule has 0 bridgehead atoms. The van der Waals surface area contributed by atoms with Gasteiger partial charge in [-0.25, -0.2) is 0 Å². The van der Waals surface area contributed by atoms with Gasteiger partial charge in [0.2, 0.25) is 0 Å². The quantitative estimate of drug-likeness (QED) is 0.792. The second kappa shape index (κ2) is 8.70. The van der Waals surface area contributed by atoms with Gasteiger partial charge in [-0.3, -0.25) is 0 Å². The monoisotopic (exact) mass is 353 g/mol. The number of hydrogen-bond acceptors (Lipinski definition) is 3. The Morgan fingerprint density at radius 3 is 2.65 bits per heavy atom. The predicted octanol–water partition coefficient (Wildman–Crippen LogP) is 4.56. The van der Waals surface area contributed by atoms with Crippen molar-refractivity contribution >= 4 is 0 Å². The van der Waals surface area contributed by atoms with Crippen LogP contribution in [-0.2, 0) is 16.8 Å². The van der Waals surface area contributed by atoms with E-state index in [4.69, 9.17) is 9.47 Å². The molecule has 0 spiro atoms. The van der Waals surface area contributed by atoms with Crippen LogP contribution < -0.4 is 10.1 Å². The lowest BCUT2D eigenvalue weighted by Crippen LogP contribution is -2.49. The predicted molar refractivity (Wildman–Crippen MR) is 107 cm³/mol. The fraction of sp³-hybridized carbons (Fsp3) is 0.478. The van der Waals surface area contributed by atoms with Crippen LogP contribution >= 0.6 is 0 Å². The molecule has 2 aromatic rings. The van der Waals surface area contributed by atoms with Crippen LogP contribution in [0.1, 0.15) is 38.3 Å². The van der Waals surface area contributed by atoms with Crippen LogP contribution in [0.15, 0.2) is 54.6 Å². The van der Waals surface area contributed by atoms with E-state index in [0.717, 1.165) is 31.9 Å². The van der Waals surface area contributed by atoms with Gasteiger partial charge in [0, 0.05) is 5.41 Å². The molecule has 1 N–H and O–H groups in total. The lowest BCUT2D eigenvalue weighted by atomic mass is 9.67. The summed E-state index contributed by atoms with van der Waals surface area (Å²) in [6.45, 7) is 9.89. The average molecular weight is 354 g/mol. The lowest BCUT2D eigenvalue weighted by Gasteiger charge is -2.43. The molecule has 1 saturated heterocycles. The topological polar surface area (TPSA) is 30.5 Å². The van der Waals surface area contributed by atoms with E-state index in [1.165, 1.54) is 11.1 Å². The van der Waals surface area contributed by atoms with Crippen molar-refractivity contribution in [2.24, 2.45) is 5.92 Å². The molecule has 0 aliphatic carbocycles. The van der Waals surface area contributed by atoms with E-state index in [1.807, 2.05) is 12.1 Å². The molecule has 1 aliphatic rings. The summed E-state index contributed by atoms with van der Waals surface area (Å²) in [7, 11) is 0. The Balaban J connectivity index is 1.80. The van der Waals surface area contributed by atoms with E-state index in [9.17, 15) is 0 Å². The summed E-state index contributed by atoms with van der Waals surface area (Å²) in [5.74, 6) is 1.45. The molecule has 26 heavy (non-hydrogen) atoms. The molecule has 0 amide bonds. The summed E-state index contributed by atoms with van der Waals surface area (Å²) < 4.78 is 12.2. The smallest absolute Gasteiger partial charge is 0.119 e. The average Bonchev–Trinajstić information content (AvgIpc) is 2.64. The number of rotatable bonds is 7. The summed E-state index contributed by atoms with van der Waals surface area (Å²) >= 11 is 0. The van der Waals surface area contributed by atoms with Crippen molar-refractivity contribution in [3.63, 3.8) is 0 Å². The highest BCUT2D eigenvalue weighted by molar-refractivity contribution is 5.35. The maximum absolute atomic E-state index is 6.24. The van der Waals surface area contributed by atoms with Gasteiger partial charge < -0.3 is 14.8 Å². The van der Waals surface area contributed by atoms with Gasteiger partial charge >= 0.3 is 0 Å². The molecule has 0 radical (unpaired) electrons. The van der Waals surface area contributed by atoms with Gasteiger partial charge in [0.1, 0.15) is 5.75 Å².